The molecule has 1 aliphatic rings. The molecule has 0 bridgehead atoms. The lowest BCUT2D eigenvalue weighted by molar-refractivity contribution is 0.0709. The van der Waals surface area contributed by atoms with E-state index >= 15 is 0 Å². The molecule has 6 heteroatoms. The van der Waals surface area contributed by atoms with Gasteiger partial charge in [0.05, 0.1) is 24.4 Å². The quantitative estimate of drug-likeness (QED) is 0.926. The Balaban J connectivity index is 1.80. The first-order valence-electron chi connectivity index (χ1n) is 8.31. The molecule has 0 aliphatic carbocycles. The number of aliphatic hydroxyl groups is 1. The molecular weight excluding hydrogens is 323 g/mol. The number of carbonyl (C=O) groups excluding carboxylic acids is 1. The summed E-state index contributed by atoms with van der Waals surface area (Å²) in [4.78, 5) is 18.6. The van der Waals surface area contributed by atoms with E-state index in [2.05, 4.69) is 4.98 Å². The average molecular weight is 344 g/mol. The fourth-order valence-electron chi connectivity index (χ4n) is 3.04. The number of likely N-dealkylation sites (tertiary alicyclic amines) is 1. The van der Waals surface area contributed by atoms with Crippen molar-refractivity contribution >= 4 is 5.91 Å². The molecule has 1 fully saturated rings. The normalized spacial score (nSPS) is 20.1. The van der Waals surface area contributed by atoms with E-state index in [0.717, 1.165) is 5.56 Å². The molecule has 1 N–H and O–H groups in total. The molecule has 1 aliphatic heterocycles. The van der Waals surface area contributed by atoms with Crippen LogP contribution in [0.1, 0.15) is 42.4 Å². The fraction of sp³-hybridized carbons (Fsp3) is 0.368. The zero-order chi connectivity index (χ0) is 18.0. The monoisotopic (exact) mass is 344 g/mol. The standard InChI is InChI=1S/C19H21FN2O3/c1-12(2)25-16-7-8-17(21-10-16)19(24)22-11-15(23)9-18(22)13-3-5-14(20)6-4-13/h3-8,10,12,15,18,23H,9,11H2,1-2H3/t15-,18+/m1/s1. The number of pyridine rings is 1. The maximum atomic E-state index is 13.1. The van der Waals surface area contributed by atoms with E-state index in [4.69, 9.17) is 4.74 Å². The van der Waals surface area contributed by atoms with E-state index in [0.29, 0.717) is 12.2 Å². The maximum Gasteiger partial charge on any atom is 0.273 e. The lowest BCUT2D eigenvalue weighted by Gasteiger charge is -2.24. The van der Waals surface area contributed by atoms with Crippen molar-refractivity contribution in [3.63, 3.8) is 0 Å². The van der Waals surface area contributed by atoms with Gasteiger partial charge in [-0.2, -0.15) is 0 Å². The molecule has 0 saturated carbocycles. The summed E-state index contributed by atoms with van der Waals surface area (Å²) in [6.45, 7) is 4.06. The van der Waals surface area contributed by atoms with Crippen LogP contribution in [0, 0.1) is 5.82 Å². The van der Waals surface area contributed by atoms with Gasteiger partial charge in [0.25, 0.3) is 5.91 Å². The van der Waals surface area contributed by atoms with Crippen molar-refractivity contribution in [2.45, 2.75) is 38.5 Å². The number of aliphatic hydroxyl groups excluding tert-OH is 1. The van der Waals surface area contributed by atoms with E-state index in [9.17, 15) is 14.3 Å². The summed E-state index contributed by atoms with van der Waals surface area (Å²) in [5, 5.41) is 10.0. The molecule has 0 radical (unpaired) electrons. The molecule has 2 aromatic rings. The summed E-state index contributed by atoms with van der Waals surface area (Å²) in [5.41, 5.74) is 1.09. The van der Waals surface area contributed by atoms with Crippen LogP contribution >= 0.6 is 0 Å². The largest absolute Gasteiger partial charge is 0.489 e. The van der Waals surface area contributed by atoms with Gasteiger partial charge in [0, 0.05) is 6.54 Å². The Morgan fingerprint density at radius 1 is 1.28 bits per heavy atom. The lowest BCUT2D eigenvalue weighted by atomic mass is 10.0. The van der Waals surface area contributed by atoms with Gasteiger partial charge in [-0.25, -0.2) is 9.37 Å². The van der Waals surface area contributed by atoms with E-state index in [1.54, 1.807) is 29.2 Å². The summed E-state index contributed by atoms with van der Waals surface area (Å²) in [7, 11) is 0. The molecule has 25 heavy (non-hydrogen) atoms. The summed E-state index contributed by atoms with van der Waals surface area (Å²) in [6, 6.07) is 9.04. The Labute approximate surface area is 146 Å². The molecule has 2 heterocycles. The van der Waals surface area contributed by atoms with Gasteiger partial charge >= 0.3 is 0 Å². The Bertz CT molecular complexity index is 731. The van der Waals surface area contributed by atoms with Crippen LogP contribution in [0.5, 0.6) is 5.75 Å². The summed E-state index contributed by atoms with van der Waals surface area (Å²) < 4.78 is 18.7. The number of β-amino-alcohol motifs (C(OH)–C–C–N with tert-alkyl or cyclic N) is 1. The number of aromatic nitrogens is 1. The van der Waals surface area contributed by atoms with Crippen LogP contribution in [-0.2, 0) is 0 Å². The van der Waals surface area contributed by atoms with Gasteiger partial charge in [-0.1, -0.05) is 12.1 Å². The van der Waals surface area contributed by atoms with Crippen molar-refractivity contribution in [3.8, 4) is 5.75 Å². The highest BCUT2D eigenvalue weighted by Crippen LogP contribution is 2.33. The third kappa shape index (κ3) is 3.96. The van der Waals surface area contributed by atoms with E-state index < -0.39 is 6.10 Å². The molecular formula is C19H21FN2O3. The van der Waals surface area contributed by atoms with Crippen LogP contribution in [0.3, 0.4) is 0 Å². The van der Waals surface area contributed by atoms with Gasteiger partial charge in [-0.05, 0) is 50.1 Å². The number of nitrogens with zero attached hydrogens (tertiary/aromatic N) is 2. The first-order valence-corrected chi connectivity index (χ1v) is 8.31. The minimum Gasteiger partial charge on any atom is -0.489 e. The van der Waals surface area contributed by atoms with Crippen LogP contribution in [0.25, 0.3) is 0 Å². The van der Waals surface area contributed by atoms with Crippen molar-refractivity contribution < 1.29 is 19.0 Å². The molecule has 1 saturated heterocycles. The number of rotatable bonds is 4. The van der Waals surface area contributed by atoms with Crippen molar-refractivity contribution in [3.05, 3.63) is 59.7 Å². The van der Waals surface area contributed by atoms with Gasteiger partial charge in [0.2, 0.25) is 0 Å². The smallest absolute Gasteiger partial charge is 0.273 e. The zero-order valence-electron chi connectivity index (χ0n) is 14.2. The number of ether oxygens (including phenoxy) is 1. The summed E-state index contributed by atoms with van der Waals surface area (Å²) >= 11 is 0. The Hall–Kier alpha value is -2.47. The minimum atomic E-state index is -0.609. The lowest BCUT2D eigenvalue weighted by Crippen LogP contribution is -2.32. The number of carbonyl (C=O) groups is 1. The third-order valence-electron chi connectivity index (χ3n) is 4.12. The maximum absolute atomic E-state index is 13.1. The van der Waals surface area contributed by atoms with Crippen LogP contribution in [0.2, 0.25) is 0 Å². The molecule has 0 unspecified atom stereocenters. The Morgan fingerprint density at radius 3 is 2.60 bits per heavy atom. The highest BCUT2D eigenvalue weighted by molar-refractivity contribution is 5.93. The molecule has 1 aromatic carbocycles. The summed E-state index contributed by atoms with van der Waals surface area (Å²) in [6.07, 6.45) is 1.36. The minimum absolute atomic E-state index is 0.0277. The average Bonchev–Trinajstić information content (AvgIpc) is 2.97. The van der Waals surface area contributed by atoms with Crippen molar-refractivity contribution in [2.75, 3.05) is 6.54 Å². The first-order chi connectivity index (χ1) is 11.9. The van der Waals surface area contributed by atoms with Gasteiger partial charge in [-0.15, -0.1) is 0 Å². The molecule has 132 valence electrons. The van der Waals surface area contributed by atoms with Crippen molar-refractivity contribution in [1.29, 1.82) is 0 Å². The number of hydrogen-bond donors (Lipinski definition) is 1. The number of hydrogen-bond acceptors (Lipinski definition) is 4. The fourth-order valence-corrected chi connectivity index (χ4v) is 3.04. The summed E-state index contributed by atoms with van der Waals surface area (Å²) in [5.74, 6) is 0.00708. The second-order valence-corrected chi connectivity index (χ2v) is 6.46. The highest BCUT2D eigenvalue weighted by Gasteiger charge is 2.36. The van der Waals surface area contributed by atoms with Gasteiger partial charge in [0.1, 0.15) is 17.3 Å². The van der Waals surface area contributed by atoms with Gasteiger partial charge in [0.15, 0.2) is 0 Å². The molecule has 3 rings (SSSR count). The number of amides is 1. The topological polar surface area (TPSA) is 62.7 Å². The van der Waals surface area contributed by atoms with Crippen molar-refractivity contribution in [1.82, 2.24) is 9.88 Å². The van der Waals surface area contributed by atoms with Crippen LogP contribution < -0.4 is 4.74 Å². The Kier molecular flexibility index (Phi) is 4.99. The second-order valence-electron chi connectivity index (χ2n) is 6.46. The number of halogens is 1. The zero-order valence-corrected chi connectivity index (χ0v) is 14.2. The third-order valence-corrected chi connectivity index (χ3v) is 4.12. The molecule has 1 amide bonds. The Morgan fingerprint density at radius 2 is 2.00 bits per heavy atom. The molecule has 5 nitrogen and oxygen atoms in total. The first kappa shape index (κ1) is 17.4. The highest BCUT2D eigenvalue weighted by atomic mass is 19.1. The van der Waals surface area contributed by atoms with E-state index in [1.807, 2.05) is 13.8 Å². The second kappa shape index (κ2) is 7.19. The molecule has 2 atom stereocenters. The van der Waals surface area contributed by atoms with Crippen LogP contribution in [-0.4, -0.2) is 39.7 Å². The van der Waals surface area contributed by atoms with Crippen LogP contribution in [0.4, 0.5) is 4.39 Å². The van der Waals surface area contributed by atoms with Gasteiger partial charge in [-0.3, -0.25) is 4.79 Å². The molecule has 0 spiro atoms. The van der Waals surface area contributed by atoms with Crippen molar-refractivity contribution in [2.24, 2.45) is 0 Å². The van der Waals surface area contributed by atoms with E-state index in [1.165, 1.54) is 18.3 Å². The molecule has 1 aromatic heterocycles. The van der Waals surface area contributed by atoms with Gasteiger partial charge < -0.3 is 14.7 Å². The van der Waals surface area contributed by atoms with Crippen LogP contribution in [0.15, 0.2) is 42.6 Å². The predicted octanol–water partition coefficient (Wildman–Crippen LogP) is 2.96. The number of benzene rings is 1. The SMILES string of the molecule is CC(C)Oc1ccc(C(=O)N2C[C@H](O)C[C@H]2c2ccc(F)cc2)nc1. The predicted molar refractivity (Wildman–Crippen MR) is 90.8 cm³/mol. The van der Waals surface area contributed by atoms with E-state index in [-0.39, 0.29) is 36.1 Å².